The summed E-state index contributed by atoms with van der Waals surface area (Å²) in [5.74, 6) is 0.180. The van der Waals surface area contributed by atoms with E-state index < -0.39 is 28.0 Å². The number of aliphatic carboxylic acids is 1. The highest BCUT2D eigenvalue weighted by atomic mass is 35.5. The average Bonchev–Trinajstić information content (AvgIpc) is 2.91. The van der Waals surface area contributed by atoms with Crippen LogP contribution < -0.4 is 14.2 Å². The first-order chi connectivity index (χ1) is 19.0. The Bertz CT molecular complexity index is 1590. The molecule has 40 heavy (non-hydrogen) atoms. The molecular weight excluding hydrogens is 552 g/mol. The van der Waals surface area contributed by atoms with Gasteiger partial charge in [0.25, 0.3) is 0 Å². The van der Waals surface area contributed by atoms with E-state index in [0.29, 0.717) is 29.5 Å². The predicted octanol–water partition coefficient (Wildman–Crippen LogP) is 6.47. The van der Waals surface area contributed by atoms with Gasteiger partial charge in [-0.1, -0.05) is 61.8 Å². The summed E-state index contributed by atoms with van der Waals surface area (Å²) in [7, 11) is -4.13. The van der Waals surface area contributed by atoms with Gasteiger partial charge in [-0.2, -0.15) is 4.72 Å². The Morgan fingerprint density at radius 1 is 0.950 bits per heavy atom. The van der Waals surface area contributed by atoms with Gasteiger partial charge in [-0.3, -0.25) is 4.79 Å². The van der Waals surface area contributed by atoms with Gasteiger partial charge in [0.15, 0.2) is 0 Å². The van der Waals surface area contributed by atoms with Crippen molar-refractivity contribution in [3.63, 3.8) is 0 Å². The van der Waals surface area contributed by atoms with E-state index in [1.807, 2.05) is 67.6 Å². The van der Waals surface area contributed by atoms with E-state index >= 15 is 0 Å². The summed E-state index contributed by atoms with van der Waals surface area (Å²) in [5.41, 5.74) is 3.37. The molecule has 8 nitrogen and oxygen atoms in total. The van der Waals surface area contributed by atoms with Crippen LogP contribution in [0.5, 0.6) is 17.4 Å². The molecular formula is C30H29ClN2O6S. The number of carboxylic acids is 1. The van der Waals surface area contributed by atoms with Crippen LogP contribution in [-0.2, 0) is 21.4 Å². The molecule has 0 radical (unpaired) electrons. The normalized spacial score (nSPS) is 12.2. The molecule has 2 N–H and O–H groups in total. The number of aromatic nitrogens is 1. The van der Waals surface area contributed by atoms with Crippen LogP contribution in [0.25, 0.3) is 11.1 Å². The Balaban J connectivity index is 1.38. The van der Waals surface area contributed by atoms with E-state index in [2.05, 4.69) is 9.71 Å². The quantitative estimate of drug-likeness (QED) is 0.209. The van der Waals surface area contributed by atoms with E-state index in [1.165, 1.54) is 6.07 Å². The number of carbonyl (C=O) groups is 1. The Hall–Kier alpha value is -3.92. The van der Waals surface area contributed by atoms with Crippen LogP contribution in [0.1, 0.15) is 25.1 Å². The molecule has 1 heterocycles. The molecule has 0 saturated heterocycles. The monoisotopic (exact) mass is 580 g/mol. The Morgan fingerprint density at radius 2 is 1.60 bits per heavy atom. The number of hydrogen-bond donors (Lipinski definition) is 2. The molecule has 0 spiro atoms. The molecule has 0 fully saturated rings. The van der Waals surface area contributed by atoms with Gasteiger partial charge in [-0.25, -0.2) is 13.4 Å². The number of pyridine rings is 1. The molecule has 0 aliphatic rings. The van der Waals surface area contributed by atoms with Crippen molar-refractivity contribution in [1.29, 1.82) is 0 Å². The van der Waals surface area contributed by atoms with Crippen molar-refractivity contribution in [3.05, 3.63) is 101 Å². The van der Waals surface area contributed by atoms with Crippen LogP contribution in [0.4, 0.5) is 0 Å². The number of nitrogens with one attached hydrogen (secondary N) is 1. The summed E-state index contributed by atoms with van der Waals surface area (Å²) >= 11 is 6.32. The molecule has 1 atom stereocenters. The molecule has 0 bridgehead atoms. The summed E-state index contributed by atoms with van der Waals surface area (Å²) in [6, 6.07) is 23.8. The van der Waals surface area contributed by atoms with Gasteiger partial charge < -0.3 is 14.6 Å². The summed E-state index contributed by atoms with van der Waals surface area (Å²) in [6.45, 7) is 5.50. The molecule has 0 saturated carbocycles. The molecule has 3 aromatic carbocycles. The third-order valence-electron chi connectivity index (χ3n) is 6.04. The predicted molar refractivity (Wildman–Crippen MR) is 153 cm³/mol. The van der Waals surface area contributed by atoms with Gasteiger partial charge >= 0.3 is 5.97 Å². The fourth-order valence-electron chi connectivity index (χ4n) is 3.86. The number of benzene rings is 3. The SMILES string of the molecule is Cc1cccc(Oc2ccc(OCc3ccc(-c4ccc(S(=O)(=O)N[C@@H](C(=O)O)C(C)C)c(Cl)c4)cc3)cc2)n1. The highest BCUT2D eigenvalue weighted by Gasteiger charge is 2.29. The van der Waals surface area contributed by atoms with Crippen LogP contribution in [0.2, 0.25) is 5.02 Å². The van der Waals surface area contributed by atoms with Crippen LogP contribution in [0.3, 0.4) is 0 Å². The number of sulfonamides is 1. The lowest BCUT2D eigenvalue weighted by Gasteiger charge is -2.18. The summed E-state index contributed by atoms with van der Waals surface area (Å²) in [5, 5.41) is 9.33. The van der Waals surface area contributed by atoms with Gasteiger partial charge in [-0.05, 0) is 72.0 Å². The van der Waals surface area contributed by atoms with Gasteiger partial charge in [0.1, 0.15) is 29.0 Å². The largest absolute Gasteiger partial charge is 0.489 e. The van der Waals surface area contributed by atoms with Crippen molar-refractivity contribution in [2.75, 3.05) is 0 Å². The highest BCUT2D eigenvalue weighted by molar-refractivity contribution is 7.89. The average molecular weight is 581 g/mol. The zero-order valence-electron chi connectivity index (χ0n) is 22.2. The number of nitrogens with zero attached hydrogens (tertiary/aromatic N) is 1. The van der Waals surface area contributed by atoms with Gasteiger partial charge in [0, 0.05) is 11.8 Å². The fraction of sp³-hybridized carbons (Fsp3) is 0.200. The van der Waals surface area contributed by atoms with Gasteiger partial charge in [0.05, 0.1) is 5.02 Å². The van der Waals surface area contributed by atoms with E-state index in [9.17, 15) is 18.3 Å². The van der Waals surface area contributed by atoms with E-state index in [0.717, 1.165) is 16.8 Å². The van der Waals surface area contributed by atoms with Gasteiger partial charge in [-0.15, -0.1) is 0 Å². The first-order valence-electron chi connectivity index (χ1n) is 12.5. The number of ether oxygens (including phenoxy) is 2. The van der Waals surface area contributed by atoms with Crippen LogP contribution >= 0.6 is 11.6 Å². The molecule has 208 valence electrons. The second-order valence-electron chi connectivity index (χ2n) is 9.50. The summed E-state index contributed by atoms with van der Waals surface area (Å²) < 4.78 is 39.4. The maximum absolute atomic E-state index is 12.8. The van der Waals surface area contributed by atoms with Crippen molar-refractivity contribution >= 4 is 27.6 Å². The lowest BCUT2D eigenvalue weighted by molar-refractivity contribution is -0.140. The zero-order chi connectivity index (χ0) is 28.9. The maximum Gasteiger partial charge on any atom is 0.322 e. The smallest absolute Gasteiger partial charge is 0.322 e. The number of hydrogen-bond acceptors (Lipinski definition) is 6. The number of carboxylic acid groups (broad SMARTS) is 1. The maximum atomic E-state index is 12.8. The molecule has 4 aromatic rings. The molecule has 0 aliphatic carbocycles. The van der Waals surface area contributed by atoms with Crippen molar-refractivity contribution in [2.24, 2.45) is 5.92 Å². The van der Waals surface area contributed by atoms with Crippen LogP contribution in [-0.4, -0.2) is 30.5 Å². The standard InChI is InChI=1S/C30H29ClN2O6S/c1-19(2)29(30(34)35)33-40(36,37)27-16-11-23(17-26(27)31)22-9-7-21(8-10-22)18-38-24-12-14-25(15-13-24)39-28-6-4-5-20(3)32-28/h4-17,19,29,33H,18H2,1-3H3,(H,34,35)/t29-/m1/s1. The van der Waals surface area contributed by atoms with Crippen molar-refractivity contribution < 1.29 is 27.8 Å². The summed E-state index contributed by atoms with van der Waals surface area (Å²) in [6.07, 6.45) is 0. The number of aryl methyl sites for hydroxylation is 1. The first kappa shape index (κ1) is 29.1. The number of rotatable bonds is 11. The van der Waals surface area contributed by atoms with E-state index in [-0.39, 0.29) is 9.92 Å². The summed E-state index contributed by atoms with van der Waals surface area (Å²) in [4.78, 5) is 15.6. The Morgan fingerprint density at radius 3 is 2.20 bits per heavy atom. The molecule has 0 amide bonds. The fourth-order valence-corrected chi connectivity index (χ4v) is 5.74. The van der Waals surface area contributed by atoms with E-state index in [4.69, 9.17) is 21.1 Å². The molecule has 0 unspecified atom stereocenters. The van der Waals surface area contributed by atoms with Crippen molar-refractivity contribution in [2.45, 2.75) is 38.3 Å². The van der Waals surface area contributed by atoms with Crippen molar-refractivity contribution in [3.8, 4) is 28.5 Å². The third kappa shape index (κ3) is 7.38. The van der Waals surface area contributed by atoms with Crippen molar-refractivity contribution in [1.82, 2.24) is 9.71 Å². The second kappa shape index (κ2) is 12.5. The Labute approximate surface area is 238 Å². The molecule has 4 rings (SSSR count). The molecule has 1 aromatic heterocycles. The van der Waals surface area contributed by atoms with Gasteiger partial charge in [0.2, 0.25) is 15.9 Å². The van der Waals surface area contributed by atoms with E-state index in [1.54, 1.807) is 32.0 Å². The Kier molecular flexibility index (Phi) is 9.09. The third-order valence-corrected chi connectivity index (χ3v) is 7.96. The minimum absolute atomic E-state index is 0.00379. The highest BCUT2D eigenvalue weighted by Crippen LogP contribution is 2.29. The topological polar surface area (TPSA) is 115 Å². The first-order valence-corrected chi connectivity index (χ1v) is 14.4. The minimum atomic E-state index is -4.13. The van der Waals surface area contributed by atoms with Crippen LogP contribution in [0, 0.1) is 12.8 Å². The second-order valence-corrected chi connectivity index (χ2v) is 11.6. The zero-order valence-corrected chi connectivity index (χ0v) is 23.7. The lowest BCUT2D eigenvalue weighted by Crippen LogP contribution is -2.44. The minimum Gasteiger partial charge on any atom is -0.489 e. The lowest BCUT2D eigenvalue weighted by atomic mass is 10.0. The molecule has 10 heteroatoms. The van der Waals surface area contributed by atoms with Crippen LogP contribution in [0.15, 0.2) is 89.8 Å². The number of halogens is 1. The molecule has 0 aliphatic heterocycles.